The Balaban J connectivity index is 2.21. The molecular formula is C15H18N2O3. The summed E-state index contributed by atoms with van der Waals surface area (Å²) in [5, 5.41) is 3.77. The molecule has 1 amide bonds. The summed E-state index contributed by atoms with van der Waals surface area (Å²) < 4.78 is 10.1. The van der Waals surface area contributed by atoms with E-state index in [2.05, 4.69) is 10.3 Å². The fourth-order valence-corrected chi connectivity index (χ4v) is 1.95. The van der Waals surface area contributed by atoms with E-state index in [0.29, 0.717) is 12.3 Å². The molecule has 106 valence electrons. The van der Waals surface area contributed by atoms with E-state index in [0.717, 1.165) is 16.7 Å². The maximum Gasteiger partial charge on any atom is 0.270 e. The van der Waals surface area contributed by atoms with E-state index in [1.54, 1.807) is 20.3 Å². The molecule has 1 unspecified atom stereocenters. The van der Waals surface area contributed by atoms with Gasteiger partial charge in [0.15, 0.2) is 0 Å². The predicted octanol–water partition coefficient (Wildman–Crippen LogP) is 2.01. The summed E-state index contributed by atoms with van der Waals surface area (Å²) in [6, 6.07) is 9.06. The zero-order valence-electron chi connectivity index (χ0n) is 11.8. The van der Waals surface area contributed by atoms with Crippen LogP contribution in [-0.2, 0) is 4.74 Å². The average molecular weight is 274 g/mol. The Morgan fingerprint density at radius 1 is 1.30 bits per heavy atom. The van der Waals surface area contributed by atoms with Crippen LogP contribution in [0.2, 0.25) is 0 Å². The minimum Gasteiger partial charge on any atom is -0.497 e. The Morgan fingerprint density at radius 3 is 2.80 bits per heavy atom. The Bertz CT molecular complexity index is 613. The highest BCUT2D eigenvalue weighted by Gasteiger charge is 2.11. The number of benzene rings is 1. The molecule has 20 heavy (non-hydrogen) atoms. The maximum absolute atomic E-state index is 12.0. The van der Waals surface area contributed by atoms with Crippen LogP contribution in [0, 0.1) is 0 Å². The van der Waals surface area contributed by atoms with Crippen molar-refractivity contribution in [3.05, 3.63) is 36.0 Å². The summed E-state index contributed by atoms with van der Waals surface area (Å²) >= 11 is 0. The second-order valence-electron chi connectivity index (χ2n) is 4.58. The number of ether oxygens (including phenoxy) is 2. The predicted molar refractivity (Wildman–Crippen MR) is 77.1 cm³/mol. The van der Waals surface area contributed by atoms with Crippen molar-refractivity contribution in [2.75, 3.05) is 20.8 Å². The number of nitrogens with zero attached hydrogens (tertiary/aromatic N) is 1. The third-order valence-electron chi connectivity index (χ3n) is 2.92. The molecule has 1 N–H and O–H groups in total. The second-order valence-corrected chi connectivity index (χ2v) is 4.58. The van der Waals surface area contributed by atoms with E-state index >= 15 is 0 Å². The lowest BCUT2D eigenvalue weighted by Gasteiger charge is -2.12. The summed E-state index contributed by atoms with van der Waals surface area (Å²) in [5.74, 6) is 0.567. The molecule has 0 saturated carbocycles. The van der Waals surface area contributed by atoms with E-state index in [1.807, 2.05) is 31.2 Å². The third kappa shape index (κ3) is 3.24. The lowest BCUT2D eigenvalue weighted by atomic mass is 10.2. The molecule has 1 aromatic carbocycles. The van der Waals surface area contributed by atoms with Crippen molar-refractivity contribution < 1.29 is 14.3 Å². The zero-order chi connectivity index (χ0) is 14.5. The summed E-state index contributed by atoms with van der Waals surface area (Å²) in [6.45, 7) is 2.35. The lowest BCUT2D eigenvalue weighted by Crippen LogP contribution is -2.36. The number of nitrogens with one attached hydrogen (secondary N) is 1. The van der Waals surface area contributed by atoms with Gasteiger partial charge in [0.25, 0.3) is 5.91 Å². The van der Waals surface area contributed by atoms with Crippen molar-refractivity contribution in [2.24, 2.45) is 0 Å². The van der Waals surface area contributed by atoms with Crippen molar-refractivity contribution in [1.29, 1.82) is 0 Å². The SMILES string of the molecule is COCC(C)NC(=O)c1ccc2cc(OC)ccc2n1. The molecule has 0 bridgehead atoms. The summed E-state index contributed by atoms with van der Waals surface area (Å²) in [6.07, 6.45) is 0. The number of hydrogen-bond acceptors (Lipinski definition) is 4. The standard InChI is InChI=1S/C15H18N2O3/c1-10(9-19-2)16-15(18)14-6-4-11-8-12(20-3)5-7-13(11)17-14/h4-8,10H,9H2,1-3H3,(H,16,18). The van der Waals surface area contributed by atoms with Crippen molar-refractivity contribution in [3.63, 3.8) is 0 Å². The number of fused-ring (bicyclic) bond motifs is 1. The number of hydrogen-bond donors (Lipinski definition) is 1. The van der Waals surface area contributed by atoms with Gasteiger partial charge >= 0.3 is 0 Å². The highest BCUT2D eigenvalue weighted by Crippen LogP contribution is 2.19. The first kappa shape index (κ1) is 14.3. The van der Waals surface area contributed by atoms with Crippen LogP contribution in [0.25, 0.3) is 10.9 Å². The molecule has 5 nitrogen and oxygen atoms in total. The number of methoxy groups -OCH3 is 2. The smallest absolute Gasteiger partial charge is 0.270 e. The zero-order valence-corrected chi connectivity index (χ0v) is 11.8. The van der Waals surface area contributed by atoms with Gasteiger partial charge in [0.2, 0.25) is 0 Å². The number of pyridine rings is 1. The summed E-state index contributed by atoms with van der Waals surface area (Å²) in [4.78, 5) is 16.4. The van der Waals surface area contributed by atoms with E-state index in [1.165, 1.54) is 0 Å². The topological polar surface area (TPSA) is 60.5 Å². The molecular weight excluding hydrogens is 256 g/mol. The number of carbonyl (C=O) groups is 1. The normalized spacial score (nSPS) is 12.2. The van der Waals surface area contributed by atoms with Gasteiger partial charge < -0.3 is 14.8 Å². The third-order valence-corrected chi connectivity index (χ3v) is 2.92. The fourth-order valence-electron chi connectivity index (χ4n) is 1.95. The number of aromatic nitrogens is 1. The molecule has 2 aromatic rings. The lowest BCUT2D eigenvalue weighted by molar-refractivity contribution is 0.0901. The van der Waals surface area contributed by atoms with Crippen molar-refractivity contribution >= 4 is 16.8 Å². The minimum atomic E-state index is -0.202. The van der Waals surface area contributed by atoms with Gasteiger partial charge in [0, 0.05) is 18.5 Å². The van der Waals surface area contributed by atoms with Crippen LogP contribution in [0.1, 0.15) is 17.4 Å². The highest BCUT2D eigenvalue weighted by molar-refractivity contribution is 5.95. The van der Waals surface area contributed by atoms with Gasteiger partial charge in [-0.25, -0.2) is 4.98 Å². The van der Waals surface area contributed by atoms with Crippen molar-refractivity contribution in [2.45, 2.75) is 13.0 Å². The average Bonchev–Trinajstić information content (AvgIpc) is 2.46. The summed E-state index contributed by atoms with van der Waals surface area (Å²) in [7, 11) is 3.22. The Kier molecular flexibility index (Phi) is 4.53. The van der Waals surface area contributed by atoms with E-state index in [9.17, 15) is 4.79 Å². The Labute approximate surface area is 117 Å². The molecule has 0 aliphatic rings. The van der Waals surface area contributed by atoms with Crippen LogP contribution in [0.4, 0.5) is 0 Å². The first-order chi connectivity index (χ1) is 9.63. The highest BCUT2D eigenvalue weighted by atomic mass is 16.5. The molecule has 1 atom stereocenters. The van der Waals surface area contributed by atoms with Crippen molar-refractivity contribution in [1.82, 2.24) is 10.3 Å². The van der Waals surface area contributed by atoms with Crippen LogP contribution in [0.15, 0.2) is 30.3 Å². The molecule has 1 heterocycles. The second kappa shape index (κ2) is 6.34. The van der Waals surface area contributed by atoms with Gasteiger partial charge in [-0.05, 0) is 31.2 Å². The molecule has 1 aromatic heterocycles. The van der Waals surface area contributed by atoms with Gasteiger partial charge in [-0.15, -0.1) is 0 Å². The van der Waals surface area contributed by atoms with Crippen LogP contribution in [0.5, 0.6) is 5.75 Å². The van der Waals surface area contributed by atoms with E-state index in [4.69, 9.17) is 9.47 Å². The number of carbonyl (C=O) groups excluding carboxylic acids is 1. The quantitative estimate of drug-likeness (QED) is 0.906. The number of amides is 1. The maximum atomic E-state index is 12.0. The first-order valence-corrected chi connectivity index (χ1v) is 6.38. The van der Waals surface area contributed by atoms with Crippen LogP contribution < -0.4 is 10.1 Å². The summed E-state index contributed by atoms with van der Waals surface area (Å²) in [5.41, 5.74) is 1.16. The Hall–Kier alpha value is -2.14. The van der Waals surface area contributed by atoms with Gasteiger partial charge in [-0.2, -0.15) is 0 Å². The van der Waals surface area contributed by atoms with E-state index < -0.39 is 0 Å². The molecule has 0 aliphatic heterocycles. The van der Waals surface area contributed by atoms with Crippen molar-refractivity contribution in [3.8, 4) is 5.75 Å². The molecule has 0 aliphatic carbocycles. The van der Waals surface area contributed by atoms with Gasteiger partial charge in [-0.3, -0.25) is 4.79 Å². The monoisotopic (exact) mass is 274 g/mol. The van der Waals surface area contributed by atoms with E-state index in [-0.39, 0.29) is 11.9 Å². The molecule has 0 spiro atoms. The fraction of sp³-hybridized carbons (Fsp3) is 0.333. The largest absolute Gasteiger partial charge is 0.497 e. The van der Waals surface area contributed by atoms with Crippen LogP contribution >= 0.6 is 0 Å². The van der Waals surface area contributed by atoms with Gasteiger partial charge in [-0.1, -0.05) is 6.07 Å². The number of rotatable bonds is 5. The van der Waals surface area contributed by atoms with Gasteiger partial charge in [0.1, 0.15) is 11.4 Å². The minimum absolute atomic E-state index is 0.0548. The molecule has 0 radical (unpaired) electrons. The van der Waals surface area contributed by atoms with Crippen LogP contribution in [0.3, 0.4) is 0 Å². The molecule has 2 rings (SSSR count). The first-order valence-electron chi connectivity index (χ1n) is 6.38. The molecule has 0 fully saturated rings. The molecule has 0 saturated heterocycles. The van der Waals surface area contributed by atoms with Crippen LogP contribution in [-0.4, -0.2) is 37.8 Å². The Morgan fingerprint density at radius 2 is 2.10 bits per heavy atom. The molecule has 5 heteroatoms. The van der Waals surface area contributed by atoms with Gasteiger partial charge in [0.05, 0.1) is 19.2 Å².